The van der Waals surface area contributed by atoms with Crippen LogP contribution in [0.2, 0.25) is 0 Å². The lowest BCUT2D eigenvalue weighted by Crippen LogP contribution is -2.50. The van der Waals surface area contributed by atoms with Gasteiger partial charge in [-0.3, -0.25) is 14.5 Å². The molecule has 8 nitrogen and oxygen atoms in total. The molecule has 3 aromatic carbocycles. The van der Waals surface area contributed by atoms with E-state index in [0.717, 1.165) is 22.3 Å². The van der Waals surface area contributed by atoms with Crippen LogP contribution in [0.3, 0.4) is 0 Å². The van der Waals surface area contributed by atoms with E-state index in [4.69, 9.17) is 9.47 Å². The summed E-state index contributed by atoms with van der Waals surface area (Å²) in [5.74, 6) is -2.59. The van der Waals surface area contributed by atoms with Crippen LogP contribution in [0.5, 0.6) is 0 Å². The number of ether oxygens (including phenoxy) is 2. The Labute approximate surface area is 267 Å². The number of halogens is 3. The summed E-state index contributed by atoms with van der Waals surface area (Å²) in [6, 6.07) is 24.3. The average molecular weight is 640 g/mol. The van der Waals surface area contributed by atoms with Gasteiger partial charge in [-0.1, -0.05) is 78.9 Å². The molecule has 2 N–H and O–H groups in total. The van der Waals surface area contributed by atoms with Crippen molar-refractivity contribution in [2.75, 3.05) is 20.1 Å². The first-order valence-corrected chi connectivity index (χ1v) is 15.5. The monoisotopic (exact) mass is 639 g/mol. The first kappa shape index (κ1) is 33.6. The van der Waals surface area contributed by atoms with Gasteiger partial charge in [0.1, 0.15) is 6.04 Å². The number of benzene rings is 3. The number of nitrogens with one attached hydrogen (secondary N) is 1. The number of likely N-dealkylation sites (tertiary alicyclic amines) is 1. The number of aliphatic hydroxyl groups excluding tert-OH is 1. The molecule has 5 unspecified atom stereocenters. The van der Waals surface area contributed by atoms with E-state index in [1.165, 1.54) is 5.56 Å². The Balaban J connectivity index is 1.25. The van der Waals surface area contributed by atoms with E-state index in [9.17, 15) is 27.9 Å². The summed E-state index contributed by atoms with van der Waals surface area (Å²) in [5, 5.41) is 12.2. The molecule has 0 radical (unpaired) electrons. The minimum atomic E-state index is -5.02. The first-order chi connectivity index (χ1) is 22.0. The third kappa shape index (κ3) is 8.14. The number of hydrogen-bond acceptors (Lipinski definition) is 6. The molecule has 0 spiro atoms. The maximum Gasteiger partial charge on any atom is 0.471 e. The molecular formula is C35H40F3N3O5. The number of alkyl halides is 3. The molecular weight excluding hydrogens is 599 g/mol. The number of aliphatic hydroxyl groups is 1. The van der Waals surface area contributed by atoms with Crippen molar-refractivity contribution < 1.29 is 37.3 Å². The van der Waals surface area contributed by atoms with E-state index >= 15 is 0 Å². The summed E-state index contributed by atoms with van der Waals surface area (Å²) < 4.78 is 51.8. The van der Waals surface area contributed by atoms with Gasteiger partial charge in [0.25, 0.3) is 0 Å². The molecule has 2 heterocycles. The van der Waals surface area contributed by atoms with Crippen LogP contribution < -0.4 is 5.32 Å². The van der Waals surface area contributed by atoms with Crippen LogP contribution in [0.1, 0.15) is 72.4 Å². The Morgan fingerprint density at radius 1 is 0.978 bits per heavy atom. The summed E-state index contributed by atoms with van der Waals surface area (Å²) in [7, 11) is 2.07. The van der Waals surface area contributed by atoms with E-state index in [1.807, 2.05) is 66.7 Å². The fourth-order valence-electron chi connectivity index (χ4n) is 6.04. The van der Waals surface area contributed by atoms with Gasteiger partial charge in [-0.2, -0.15) is 13.2 Å². The first-order valence-electron chi connectivity index (χ1n) is 15.5. The second-order valence-corrected chi connectivity index (χ2v) is 12.0. The Kier molecular flexibility index (Phi) is 10.8. The van der Waals surface area contributed by atoms with Gasteiger partial charge in [-0.05, 0) is 49.1 Å². The van der Waals surface area contributed by atoms with Gasteiger partial charge in [0.15, 0.2) is 6.29 Å². The SMILES string of the molecule is CC(c1ccccc1)N(C)CC1CC(c2ccc(CO)cc2)OC(c2ccc(CNC(=O)C3CCCN3C(=O)C(F)(F)F)cc2)O1. The number of likely N-dealkylation sites (N-methyl/N-ethyl adjacent to an activating group) is 1. The standard InChI is InChI=1S/C35H40F3N3O5/c1-23(26-7-4-3-5-8-26)40(2)21-29-19-31(27-14-12-25(22-42)13-15-27)46-33(45-29)28-16-10-24(11-17-28)20-39-32(43)30-9-6-18-41(30)34(44)35(36,37)38/h3-5,7-8,10-17,23,29-31,33,42H,6,9,18-22H2,1-2H3,(H,39,43). The van der Waals surface area contributed by atoms with E-state index in [0.29, 0.717) is 24.3 Å². The molecule has 2 aliphatic rings. The molecule has 11 heteroatoms. The zero-order valence-corrected chi connectivity index (χ0v) is 26.0. The van der Waals surface area contributed by atoms with E-state index in [1.54, 1.807) is 0 Å². The molecule has 0 saturated carbocycles. The minimum Gasteiger partial charge on any atom is -0.392 e. The summed E-state index contributed by atoms with van der Waals surface area (Å²) in [5.41, 5.74) is 4.53. The van der Waals surface area contributed by atoms with Gasteiger partial charge in [-0.25, -0.2) is 0 Å². The summed E-state index contributed by atoms with van der Waals surface area (Å²) in [4.78, 5) is 27.3. The van der Waals surface area contributed by atoms with Crippen molar-refractivity contribution in [1.29, 1.82) is 0 Å². The average Bonchev–Trinajstić information content (AvgIpc) is 3.56. The molecule has 246 valence electrons. The Morgan fingerprint density at radius 2 is 1.63 bits per heavy atom. The third-order valence-corrected chi connectivity index (χ3v) is 8.83. The molecule has 0 bridgehead atoms. The molecule has 2 amide bonds. The molecule has 0 aliphatic carbocycles. The summed E-state index contributed by atoms with van der Waals surface area (Å²) in [6.07, 6.45) is -4.91. The molecule has 0 aromatic heterocycles. The van der Waals surface area contributed by atoms with Crippen molar-refractivity contribution in [3.8, 4) is 0 Å². The van der Waals surface area contributed by atoms with Crippen LogP contribution in [0, 0.1) is 0 Å². The van der Waals surface area contributed by atoms with Crippen molar-refractivity contribution >= 4 is 11.8 Å². The van der Waals surface area contributed by atoms with E-state index in [-0.39, 0.29) is 44.4 Å². The topological polar surface area (TPSA) is 91.3 Å². The fourth-order valence-corrected chi connectivity index (χ4v) is 6.04. The highest BCUT2D eigenvalue weighted by atomic mass is 19.4. The molecule has 2 saturated heterocycles. The lowest BCUT2D eigenvalue weighted by Gasteiger charge is -2.39. The highest BCUT2D eigenvalue weighted by Gasteiger charge is 2.47. The predicted molar refractivity (Wildman–Crippen MR) is 165 cm³/mol. The van der Waals surface area contributed by atoms with E-state index in [2.05, 4.69) is 36.3 Å². The van der Waals surface area contributed by atoms with Gasteiger partial charge < -0.3 is 24.8 Å². The van der Waals surface area contributed by atoms with Crippen LogP contribution in [0.25, 0.3) is 0 Å². The van der Waals surface area contributed by atoms with Crippen molar-refractivity contribution in [3.05, 3.63) is 107 Å². The summed E-state index contributed by atoms with van der Waals surface area (Å²) >= 11 is 0. The highest BCUT2D eigenvalue weighted by Crippen LogP contribution is 2.38. The van der Waals surface area contributed by atoms with Crippen LogP contribution in [-0.2, 0) is 32.2 Å². The largest absolute Gasteiger partial charge is 0.471 e. The predicted octanol–water partition coefficient (Wildman–Crippen LogP) is 5.59. The molecule has 5 rings (SSSR count). The van der Waals surface area contributed by atoms with Crippen LogP contribution in [0.4, 0.5) is 13.2 Å². The second kappa shape index (κ2) is 14.8. The normalized spacial score (nSPS) is 22.5. The number of amides is 2. The van der Waals surface area contributed by atoms with Crippen LogP contribution >= 0.6 is 0 Å². The van der Waals surface area contributed by atoms with Gasteiger partial charge in [0, 0.05) is 37.7 Å². The maximum atomic E-state index is 13.0. The van der Waals surface area contributed by atoms with Gasteiger partial charge >= 0.3 is 12.1 Å². The molecule has 5 atom stereocenters. The van der Waals surface area contributed by atoms with Crippen LogP contribution in [-0.4, -0.2) is 65.2 Å². The van der Waals surface area contributed by atoms with Crippen molar-refractivity contribution in [3.63, 3.8) is 0 Å². The van der Waals surface area contributed by atoms with Gasteiger partial charge in [0.2, 0.25) is 5.91 Å². The fraction of sp³-hybridized carbons (Fsp3) is 0.429. The Hall–Kier alpha value is -3.77. The number of rotatable bonds is 10. The minimum absolute atomic E-state index is 0.0419. The van der Waals surface area contributed by atoms with Crippen LogP contribution in [0.15, 0.2) is 78.9 Å². The van der Waals surface area contributed by atoms with E-state index < -0.39 is 30.3 Å². The smallest absolute Gasteiger partial charge is 0.392 e. The van der Waals surface area contributed by atoms with Gasteiger partial charge in [-0.15, -0.1) is 0 Å². The Morgan fingerprint density at radius 3 is 2.28 bits per heavy atom. The van der Waals surface area contributed by atoms with Crippen molar-refractivity contribution in [2.45, 2.75) is 76.1 Å². The Bertz CT molecular complexity index is 1450. The number of nitrogens with zero attached hydrogens (tertiary/aromatic N) is 2. The number of carbonyl (C=O) groups excluding carboxylic acids is 2. The lowest BCUT2D eigenvalue weighted by molar-refractivity contribution is -0.253. The zero-order valence-electron chi connectivity index (χ0n) is 26.0. The van der Waals surface area contributed by atoms with Gasteiger partial charge in [0.05, 0.1) is 18.8 Å². The van der Waals surface area contributed by atoms with Crippen molar-refractivity contribution in [2.24, 2.45) is 0 Å². The quantitative estimate of drug-likeness (QED) is 0.301. The number of carbonyl (C=O) groups is 2. The molecule has 46 heavy (non-hydrogen) atoms. The highest BCUT2D eigenvalue weighted by molar-refractivity contribution is 5.90. The van der Waals surface area contributed by atoms with Crippen molar-refractivity contribution in [1.82, 2.24) is 15.1 Å². The summed E-state index contributed by atoms with van der Waals surface area (Å²) in [6.45, 7) is 2.79. The zero-order chi connectivity index (χ0) is 32.8. The lowest BCUT2D eigenvalue weighted by atomic mass is 9.99. The third-order valence-electron chi connectivity index (χ3n) is 8.83. The second-order valence-electron chi connectivity index (χ2n) is 12.0. The molecule has 2 aliphatic heterocycles. The maximum absolute atomic E-state index is 13.0. The number of hydrogen-bond donors (Lipinski definition) is 2. The molecule has 2 fully saturated rings. The molecule has 3 aromatic rings.